The molecule has 0 unspecified atom stereocenters. The molecule has 1 rings (SSSR count). The summed E-state index contributed by atoms with van der Waals surface area (Å²) in [5.74, 6) is -0.999. The lowest BCUT2D eigenvalue weighted by Crippen LogP contribution is -2.45. The molecule has 0 aromatic heterocycles. The van der Waals surface area contributed by atoms with Gasteiger partial charge in [-0.1, -0.05) is 57.8 Å². The highest BCUT2D eigenvalue weighted by molar-refractivity contribution is 6.35. The van der Waals surface area contributed by atoms with Gasteiger partial charge in [0.2, 0.25) is 0 Å². The Morgan fingerprint density at radius 3 is 1.96 bits per heavy atom. The van der Waals surface area contributed by atoms with Crippen molar-refractivity contribution in [2.24, 2.45) is 0 Å². The van der Waals surface area contributed by atoms with Crippen LogP contribution < -0.4 is 10.6 Å². The normalized spacial score (nSPS) is 18.2. The van der Waals surface area contributed by atoms with Crippen LogP contribution in [-0.4, -0.2) is 37.6 Å². The van der Waals surface area contributed by atoms with Gasteiger partial charge in [0.15, 0.2) is 0 Å². The van der Waals surface area contributed by atoms with Crippen LogP contribution in [0, 0.1) is 0 Å². The summed E-state index contributed by atoms with van der Waals surface area (Å²) < 4.78 is 5.21. The summed E-state index contributed by atoms with van der Waals surface area (Å²) in [6.45, 7) is 3.71. The predicted octanol–water partition coefficient (Wildman–Crippen LogP) is 3.32. The van der Waals surface area contributed by atoms with E-state index < -0.39 is 11.8 Å². The fraction of sp³-hybridized carbons (Fsp3) is 0.895. The van der Waals surface area contributed by atoms with Crippen molar-refractivity contribution < 1.29 is 14.3 Å². The summed E-state index contributed by atoms with van der Waals surface area (Å²) in [4.78, 5) is 23.9. The quantitative estimate of drug-likeness (QED) is 0.576. The van der Waals surface area contributed by atoms with Crippen molar-refractivity contribution in [1.29, 1.82) is 0 Å². The number of ether oxygens (including phenoxy) is 1. The molecule has 0 aromatic rings. The number of hydrogen-bond donors (Lipinski definition) is 2. The topological polar surface area (TPSA) is 67.4 Å². The van der Waals surface area contributed by atoms with Gasteiger partial charge >= 0.3 is 11.8 Å². The summed E-state index contributed by atoms with van der Waals surface area (Å²) in [5, 5.41) is 5.61. The molecule has 0 aromatic carbocycles. The number of rotatable bonds is 6. The first-order valence-electron chi connectivity index (χ1n) is 9.90. The molecule has 0 bridgehead atoms. The van der Waals surface area contributed by atoms with Crippen molar-refractivity contribution >= 4 is 11.8 Å². The molecule has 0 radical (unpaired) electrons. The average molecular weight is 341 g/mol. The zero-order chi connectivity index (χ0) is 17.5. The van der Waals surface area contributed by atoms with Crippen molar-refractivity contribution in [2.75, 3.05) is 19.8 Å². The SMILES string of the molecule is CCOCCCNC(=O)C(=O)NC1CCCCCCCCCCC1. The van der Waals surface area contributed by atoms with Crippen LogP contribution in [0.3, 0.4) is 0 Å². The van der Waals surface area contributed by atoms with E-state index in [9.17, 15) is 9.59 Å². The van der Waals surface area contributed by atoms with Crippen molar-refractivity contribution in [3.63, 3.8) is 0 Å². The van der Waals surface area contributed by atoms with Crippen molar-refractivity contribution in [1.82, 2.24) is 10.6 Å². The molecule has 1 saturated carbocycles. The fourth-order valence-electron chi connectivity index (χ4n) is 3.16. The van der Waals surface area contributed by atoms with Gasteiger partial charge in [0.1, 0.15) is 0 Å². The van der Waals surface area contributed by atoms with Crippen molar-refractivity contribution in [3.05, 3.63) is 0 Å². The molecule has 5 heteroatoms. The molecule has 0 spiro atoms. The van der Waals surface area contributed by atoms with Gasteiger partial charge in [-0.3, -0.25) is 9.59 Å². The third-order valence-corrected chi connectivity index (χ3v) is 4.60. The largest absolute Gasteiger partial charge is 0.382 e. The van der Waals surface area contributed by atoms with E-state index in [-0.39, 0.29) is 6.04 Å². The van der Waals surface area contributed by atoms with E-state index in [0.717, 1.165) is 32.1 Å². The van der Waals surface area contributed by atoms with E-state index in [0.29, 0.717) is 19.8 Å². The van der Waals surface area contributed by atoms with Gasteiger partial charge in [0.25, 0.3) is 0 Å². The fourth-order valence-corrected chi connectivity index (χ4v) is 3.16. The summed E-state index contributed by atoms with van der Waals surface area (Å²) in [7, 11) is 0. The zero-order valence-electron chi connectivity index (χ0n) is 15.4. The van der Waals surface area contributed by atoms with Crippen LogP contribution in [-0.2, 0) is 14.3 Å². The standard InChI is InChI=1S/C19H36N2O3/c1-2-24-16-12-15-20-18(22)19(23)21-17-13-10-8-6-4-3-5-7-9-11-14-17/h17H,2-16H2,1H3,(H,20,22)(H,21,23). The van der Waals surface area contributed by atoms with Gasteiger partial charge in [-0.2, -0.15) is 0 Å². The Bertz CT molecular complexity index is 336. The number of carbonyl (C=O) groups is 2. The first-order chi connectivity index (χ1) is 11.7. The summed E-state index contributed by atoms with van der Waals surface area (Å²) in [5.41, 5.74) is 0. The molecule has 2 amide bonds. The van der Waals surface area contributed by atoms with Crippen LogP contribution in [0.5, 0.6) is 0 Å². The summed E-state index contributed by atoms with van der Waals surface area (Å²) >= 11 is 0. The first-order valence-corrected chi connectivity index (χ1v) is 9.90. The van der Waals surface area contributed by atoms with Gasteiger partial charge in [0.05, 0.1) is 0 Å². The second-order valence-electron chi connectivity index (χ2n) is 6.74. The molecule has 0 atom stereocenters. The minimum atomic E-state index is -0.516. The van der Waals surface area contributed by atoms with Crippen LogP contribution in [0.25, 0.3) is 0 Å². The van der Waals surface area contributed by atoms with Crippen LogP contribution in [0.4, 0.5) is 0 Å². The Kier molecular flexibility index (Phi) is 12.4. The van der Waals surface area contributed by atoms with E-state index in [2.05, 4.69) is 10.6 Å². The monoisotopic (exact) mass is 340 g/mol. The van der Waals surface area contributed by atoms with Crippen molar-refractivity contribution in [2.45, 2.75) is 90.0 Å². The Morgan fingerprint density at radius 1 is 0.875 bits per heavy atom. The van der Waals surface area contributed by atoms with Gasteiger partial charge in [0, 0.05) is 25.8 Å². The van der Waals surface area contributed by atoms with Crippen molar-refractivity contribution in [3.8, 4) is 0 Å². The maximum absolute atomic E-state index is 12.1. The summed E-state index contributed by atoms with van der Waals surface area (Å²) in [6, 6.07) is 0.145. The van der Waals surface area contributed by atoms with Gasteiger partial charge in [-0.25, -0.2) is 0 Å². The maximum Gasteiger partial charge on any atom is 0.309 e. The lowest BCUT2D eigenvalue weighted by molar-refractivity contribution is -0.139. The van der Waals surface area contributed by atoms with Crippen LogP contribution in [0.15, 0.2) is 0 Å². The van der Waals surface area contributed by atoms with Gasteiger partial charge in [-0.15, -0.1) is 0 Å². The Hall–Kier alpha value is -1.10. The highest BCUT2D eigenvalue weighted by Gasteiger charge is 2.18. The van der Waals surface area contributed by atoms with E-state index >= 15 is 0 Å². The average Bonchev–Trinajstić information content (AvgIpc) is 2.56. The minimum absolute atomic E-state index is 0.145. The third-order valence-electron chi connectivity index (χ3n) is 4.60. The molecular formula is C19H36N2O3. The summed E-state index contributed by atoms with van der Waals surface area (Å²) in [6.07, 6.45) is 14.1. The van der Waals surface area contributed by atoms with Crippen LogP contribution >= 0.6 is 0 Å². The Balaban J connectivity index is 2.27. The zero-order valence-corrected chi connectivity index (χ0v) is 15.4. The molecule has 2 N–H and O–H groups in total. The number of nitrogens with one attached hydrogen (secondary N) is 2. The molecular weight excluding hydrogens is 304 g/mol. The molecule has 0 heterocycles. The molecule has 0 aliphatic heterocycles. The smallest absolute Gasteiger partial charge is 0.309 e. The molecule has 140 valence electrons. The predicted molar refractivity (Wildman–Crippen MR) is 96.8 cm³/mol. The van der Waals surface area contributed by atoms with E-state index in [4.69, 9.17) is 4.74 Å². The highest BCUT2D eigenvalue weighted by Crippen LogP contribution is 2.16. The second kappa shape index (κ2) is 14.3. The molecule has 0 saturated heterocycles. The molecule has 1 fully saturated rings. The van der Waals surface area contributed by atoms with Crippen LogP contribution in [0.2, 0.25) is 0 Å². The number of amides is 2. The minimum Gasteiger partial charge on any atom is -0.382 e. The van der Waals surface area contributed by atoms with E-state index in [1.165, 1.54) is 44.9 Å². The van der Waals surface area contributed by atoms with Crippen LogP contribution in [0.1, 0.15) is 84.0 Å². The third kappa shape index (κ3) is 10.6. The van der Waals surface area contributed by atoms with Gasteiger partial charge < -0.3 is 15.4 Å². The lowest BCUT2D eigenvalue weighted by Gasteiger charge is -2.19. The second-order valence-corrected chi connectivity index (χ2v) is 6.74. The Morgan fingerprint density at radius 2 is 1.42 bits per heavy atom. The number of hydrogen-bond acceptors (Lipinski definition) is 3. The number of carbonyl (C=O) groups excluding carboxylic acids is 2. The van der Waals surface area contributed by atoms with E-state index in [1.54, 1.807) is 0 Å². The Labute approximate surface area is 147 Å². The molecule has 1 aliphatic carbocycles. The van der Waals surface area contributed by atoms with Gasteiger partial charge in [-0.05, 0) is 26.2 Å². The molecule has 1 aliphatic rings. The molecule has 5 nitrogen and oxygen atoms in total. The lowest BCUT2D eigenvalue weighted by atomic mass is 9.98. The van der Waals surface area contributed by atoms with E-state index in [1.807, 2.05) is 6.92 Å². The first kappa shape index (κ1) is 20.9. The maximum atomic E-state index is 12.1. The highest BCUT2D eigenvalue weighted by atomic mass is 16.5. The molecule has 24 heavy (non-hydrogen) atoms.